The first kappa shape index (κ1) is 19.2. The number of hydrazone groups is 1. The number of hydrogen-bond donors (Lipinski definition) is 1. The summed E-state index contributed by atoms with van der Waals surface area (Å²) in [4.78, 5) is 10.3. The van der Waals surface area contributed by atoms with Crippen LogP contribution in [0.15, 0.2) is 47.6 Å². The number of anilines is 1. The predicted molar refractivity (Wildman–Crippen MR) is 102 cm³/mol. The summed E-state index contributed by atoms with van der Waals surface area (Å²) in [6.07, 6.45) is 2.58. The standard InChI is InChI=1S/C19H23N3O4/c1-14(2)9-10-26-18-8-7-15(11-19(18)25-3)13-20-21-16-5-4-6-17(12-16)22(23)24/h4-8,11-14,21H,9-10H2,1-3H3/b20-13+. The average molecular weight is 357 g/mol. The second-order valence-corrected chi connectivity index (χ2v) is 6.12. The van der Waals surface area contributed by atoms with Crippen LogP contribution in [0.1, 0.15) is 25.8 Å². The van der Waals surface area contributed by atoms with Crippen LogP contribution in [0.3, 0.4) is 0 Å². The van der Waals surface area contributed by atoms with E-state index in [1.54, 1.807) is 25.5 Å². The highest BCUT2D eigenvalue weighted by molar-refractivity contribution is 5.81. The maximum absolute atomic E-state index is 10.8. The van der Waals surface area contributed by atoms with Gasteiger partial charge in [0.1, 0.15) is 0 Å². The van der Waals surface area contributed by atoms with Gasteiger partial charge >= 0.3 is 0 Å². The maximum Gasteiger partial charge on any atom is 0.271 e. The molecule has 1 N–H and O–H groups in total. The van der Waals surface area contributed by atoms with Crippen molar-refractivity contribution in [2.75, 3.05) is 19.1 Å². The van der Waals surface area contributed by atoms with Gasteiger partial charge in [0.15, 0.2) is 11.5 Å². The fourth-order valence-corrected chi connectivity index (χ4v) is 2.16. The lowest BCUT2D eigenvalue weighted by Crippen LogP contribution is -2.03. The molecule has 0 radical (unpaired) electrons. The SMILES string of the molecule is COc1cc(/C=N/Nc2cccc([N+](=O)[O-])c2)ccc1OCCC(C)C. The zero-order chi connectivity index (χ0) is 18.9. The highest BCUT2D eigenvalue weighted by atomic mass is 16.6. The minimum atomic E-state index is -0.447. The number of rotatable bonds is 9. The first-order valence-corrected chi connectivity index (χ1v) is 8.34. The van der Waals surface area contributed by atoms with E-state index in [0.29, 0.717) is 29.7 Å². The van der Waals surface area contributed by atoms with Crippen LogP contribution in [0, 0.1) is 16.0 Å². The normalized spacial score (nSPS) is 10.9. The van der Waals surface area contributed by atoms with Crippen LogP contribution in [-0.2, 0) is 0 Å². The Bertz CT molecular complexity index is 775. The van der Waals surface area contributed by atoms with Crippen molar-refractivity contribution in [3.8, 4) is 11.5 Å². The Balaban J connectivity index is 2.01. The summed E-state index contributed by atoms with van der Waals surface area (Å²) in [5.41, 5.74) is 4.14. The maximum atomic E-state index is 10.8. The summed E-state index contributed by atoms with van der Waals surface area (Å²) < 4.78 is 11.1. The monoisotopic (exact) mass is 357 g/mol. The lowest BCUT2D eigenvalue weighted by molar-refractivity contribution is -0.384. The van der Waals surface area contributed by atoms with Gasteiger partial charge in [-0.3, -0.25) is 15.5 Å². The number of nitro benzene ring substituents is 1. The lowest BCUT2D eigenvalue weighted by Gasteiger charge is -2.12. The highest BCUT2D eigenvalue weighted by Crippen LogP contribution is 2.28. The van der Waals surface area contributed by atoms with E-state index >= 15 is 0 Å². The number of nitro groups is 1. The van der Waals surface area contributed by atoms with Crippen molar-refractivity contribution in [1.82, 2.24) is 0 Å². The fourth-order valence-electron chi connectivity index (χ4n) is 2.16. The Hall–Kier alpha value is -3.09. The van der Waals surface area contributed by atoms with Gasteiger partial charge in [-0.15, -0.1) is 0 Å². The Kier molecular flexibility index (Phi) is 6.96. The van der Waals surface area contributed by atoms with Gasteiger partial charge in [0.2, 0.25) is 0 Å². The van der Waals surface area contributed by atoms with Crippen molar-refractivity contribution >= 4 is 17.6 Å². The molecule has 0 saturated carbocycles. The van der Waals surface area contributed by atoms with Gasteiger partial charge in [-0.25, -0.2) is 0 Å². The van der Waals surface area contributed by atoms with Crippen LogP contribution >= 0.6 is 0 Å². The Morgan fingerprint density at radius 1 is 1.23 bits per heavy atom. The van der Waals surface area contributed by atoms with E-state index in [-0.39, 0.29) is 5.69 Å². The third kappa shape index (κ3) is 5.77. The molecule has 0 aliphatic rings. The number of hydrogen-bond acceptors (Lipinski definition) is 6. The molecule has 0 atom stereocenters. The summed E-state index contributed by atoms with van der Waals surface area (Å²) in [6, 6.07) is 11.7. The molecule has 0 amide bonds. The summed E-state index contributed by atoms with van der Waals surface area (Å²) in [7, 11) is 1.59. The lowest BCUT2D eigenvalue weighted by atomic mass is 10.1. The highest BCUT2D eigenvalue weighted by Gasteiger charge is 2.06. The van der Waals surface area contributed by atoms with E-state index < -0.39 is 4.92 Å². The van der Waals surface area contributed by atoms with Gasteiger partial charge in [-0.2, -0.15) is 5.10 Å². The number of non-ortho nitro benzene ring substituents is 1. The van der Waals surface area contributed by atoms with Crippen LogP contribution in [0.4, 0.5) is 11.4 Å². The van der Waals surface area contributed by atoms with Crippen molar-refractivity contribution in [3.05, 3.63) is 58.1 Å². The van der Waals surface area contributed by atoms with Gasteiger partial charge in [-0.1, -0.05) is 19.9 Å². The minimum absolute atomic E-state index is 0.00904. The van der Waals surface area contributed by atoms with Crippen LogP contribution in [-0.4, -0.2) is 24.9 Å². The minimum Gasteiger partial charge on any atom is -0.493 e. The van der Waals surface area contributed by atoms with Crippen LogP contribution < -0.4 is 14.9 Å². The van der Waals surface area contributed by atoms with Crippen molar-refractivity contribution in [2.45, 2.75) is 20.3 Å². The Morgan fingerprint density at radius 3 is 2.73 bits per heavy atom. The average Bonchev–Trinajstić information content (AvgIpc) is 2.62. The molecule has 0 unspecified atom stereocenters. The molecule has 7 heteroatoms. The van der Waals surface area contributed by atoms with Crippen molar-refractivity contribution in [1.29, 1.82) is 0 Å². The summed E-state index contributed by atoms with van der Waals surface area (Å²) in [5.74, 6) is 1.90. The van der Waals surface area contributed by atoms with E-state index in [1.165, 1.54) is 12.1 Å². The quantitative estimate of drug-likeness (QED) is 0.406. The molecule has 0 heterocycles. The van der Waals surface area contributed by atoms with Crippen LogP contribution in [0.2, 0.25) is 0 Å². The molecule has 0 spiro atoms. The zero-order valence-electron chi connectivity index (χ0n) is 15.1. The van der Waals surface area contributed by atoms with Gasteiger partial charge in [0.25, 0.3) is 5.69 Å². The third-order valence-electron chi connectivity index (χ3n) is 3.60. The smallest absolute Gasteiger partial charge is 0.271 e. The first-order valence-electron chi connectivity index (χ1n) is 8.34. The Labute approximate surface area is 152 Å². The van der Waals surface area contributed by atoms with E-state index in [4.69, 9.17) is 9.47 Å². The van der Waals surface area contributed by atoms with Crippen molar-refractivity contribution < 1.29 is 14.4 Å². The molecule has 7 nitrogen and oxygen atoms in total. The van der Waals surface area contributed by atoms with E-state index in [2.05, 4.69) is 24.4 Å². The topological polar surface area (TPSA) is 86.0 Å². The van der Waals surface area contributed by atoms with E-state index in [9.17, 15) is 10.1 Å². The predicted octanol–water partition coefficient (Wildman–Crippen LogP) is 4.47. The molecule has 0 aliphatic heterocycles. The summed E-state index contributed by atoms with van der Waals surface area (Å²) in [5, 5.41) is 14.9. The van der Waals surface area contributed by atoms with Gasteiger partial charge < -0.3 is 9.47 Å². The Morgan fingerprint density at radius 2 is 2.04 bits per heavy atom. The number of methoxy groups -OCH3 is 1. The molecule has 2 aromatic rings. The van der Waals surface area contributed by atoms with E-state index in [0.717, 1.165) is 12.0 Å². The number of ether oxygens (including phenoxy) is 2. The van der Waals surface area contributed by atoms with Crippen LogP contribution in [0.5, 0.6) is 11.5 Å². The van der Waals surface area contributed by atoms with Crippen molar-refractivity contribution in [3.63, 3.8) is 0 Å². The fraction of sp³-hybridized carbons (Fsp3) is 0.316. The molecular formula is C19H23N3O4. The number of nitrogens with one attached hydrogen (secondary N) is 1. The summed E-state index contributed by atoms with van der Waals surface area (Å²) >= 11 is 0. The summed E-state index contributed by atoms with van der Waals surface area (Å²) in [6.45, 7) is 4.93. The molecule has 0 bridgehead atoms. The largest absolute Gasteiger partial charge is 0.493 e. The molecule has 2 aromatic carbocycles. The molecule has 2 rings (SSSR count). The molecule has 138 valence electrons. The molecule has 0 fully saturated rings. The van der Waals surface area contributed by atoms with Crippen molar-refractivity contribution in [2.24, 2.45) is 11.0 Å². The second kappa shape index (κ2) is 9.41. The van der Waals surface area contributed by atoms with Crippen LogP contribution in [0.25, 0.3) is 0 Å². The van der Waals surface area contributed by atoms with E-state index in [1.807, 2.05) is 18.2 Å². The molecular weight excluding hydrogens is 334 g/mol. The zero-order valence-corrected chi connectivity index (χ0v) is 15.1. The third-order valence-corrected chi connectivity index (χ3v) is 3.60. The molecule has 0 aliphatic carbocycles. The first-order chi connectivity index (χ1) is 12.5. The molecule has 26 heavy (non-hydrogen) atoms. The van der Waals surface area contributed by atoms with Gasteiger partial charge in [0.05, 0.1) is 30.5 Å². The number of nitrogens with zero attached hydrogens (tertiary/aromatic N) is 2. The second-order valence-electron chi connectivity index (χ2n) is 6.12. The van der Waals surface area contributed by atoms with Gasteiger partial charge in [-0.05, 0) is 42.2 Å². The molecule has 0 saturated heterocycles. The van der Waals surface area contributed by atoms with Gasteiger partial charge in [0, 0.05) is 12.1 Å². The number of benzene rings is 2. The molecule has 0 aromatic heterocycles.